The molecule has 1 aliphatic rings. The molecular weight excluding hydrogens is 402 g/mol. The molecule has 29 heavy (non-hydrogen) atoms. The molecule has 0 bridgehead atoms. The van der Waals surface area contributed by atoms with E-state index in [4.69, 9.17) is 4.98 Å². The molecule has 0 spiro atoms. The van der Waals surface area contributed by atoms with Crippen molar-refractivity contribution in [2.24, 2.45) is 0 Å². The zero-order chi connectivity index (χ0) is 21.8. The van der Waals surface area contributed by atoms with Crippen LogP contribution in [0.5, 0.6) is 0 Å². The van der Waals surface area contributed by atoms with Crippen LogP contribution < -0.4 is 5.45 Å². The van der Waals surface area contributed by atoms with E-state index in [1.54, 1.807) is 6.20 Å². The van der Waals surface area contributed by atoms with Crippen LogP contribution in [-0.4, -0.2) is 49.0 Å². The number of nitrogens with zero attached hydrogens (tertiary/aromatic N) is 3. The summed E-state index contributed by atoms with van der Waals surface area (Å²) in [6.45, 7) is 10.7. The van der Waals surface area contributed by atoms with Crippen molar-refractivity contribution in [2.45, 2.75) is 63.8 Å². The van der Waals surface area contributed by atoms with Crippen LogP contribution in [0.3, 0.4) is 0 Å². The van der Waals surface area contributed by atoms with Gasteiger partial charge in [-0.15, -0.1) is 0 Å². The second-order valence-corrected chi connectivity index (χ2v) is 17.0. The highest BCUT2D eigenvalue weighted by atomic mass is 32.2. The summed E-state index contributed by atoms with van der Waals surface area (Å²) in [5, 5.41) is 11.6. The molecule has 1 aliphatic carbocycles. The van der Waals surface area contributed by atoms with Gasteiger partial charge in [0.1, 0.15) is 19.1 Å². The van der Waals surface area contributed by atoms with E-state index < -0.39 is 23.9 Å². The quantitative estimate of drug-likeness (QED) is 0.750. The summed E-state index contributed by atoms with van der Waals surface area (Å²) in [5.41, 5.74) is 1.65. The second-order valence-electron chi connectivity index (χ2n) is 9.78. The molecule has 8 heteroatoms. The summed E-state index contributed by atoms with van der Waals surface area (Å²) in [6, 6.07) is 7.85. The van der Waals surface area contributed by atoms with Crippen LogP contribution in [0.4, 0.5) is 0 Å². The molecule has 1 aromatic carbocycles. The smallest absolute Gasteiger partial charge is 0.308 e. The Morgan fingerprint density at radius 1 is 1.21 bits per heavy atom. The van der Waals surface area contributed by atoms with E-state index in [9.17, 15) is 13.5 Å². The van der Waals surface area contributed by atoms with Crippen molar-refractivity contribution in [3.8, 4) is 0 Å². The molecule has 0 amide bonds. The number of rotatable bonds is 4. The third-order valence-corrected chi connectivity index (χ3v) is 13.8. The van der Waals surface area contributed by atoms with Crippen LogP contribution in [0.2, 0.25) is 18.1 Å². The predicted octanol–water partition coefficient (Wildman–Crippen LogP) is 2.83. The first kappa shape index (κ1) is 22.2. The third kappa shape index (κ3) is 3.50. The standard InChI is InChI=1S/C21H33N3O3SSi/c1-20(2,3)29(6,7)19-22-18(15-24(19)28(26,27)23(4)5)21(25)14-10-12-16-11-8-9-13-17(16)21/h8-9,11,13,15,25H,10,12,14H2,1-7H3. The lowest BCUT2D eigenvalue weighted by Gasteiger charge is -2.36. The lowest BCUT2D eigenvalue weighted by atomic mass is 9.77. The molecule has 1 N–H and O–H groups in total. The van der Waals surface area contributed by atoms with E-state index in [1.807, 2.05) is 24.3 Å². The minimum atomic E-state index is -3.76. The van der Waals surface area contributed by atoms with Gasteiger partial charge < -0.3 is 5.11 Å². The Morgan fingerprint density at radius 2 is 1.83 bits per heavy atom. The van der Waals surface area contributed by atoms with Gasteiger partial charge in [-0.1, -0.05) is 58.1 Å². The van der Waals surface area contributed by atoms with Gasteiger partial charge in [-0.3, -0.25) is 0 Å². The number of imidazole rings is 1. The Kier molecular flexibility index (Phi) is 5.39. The van der Waals surface area contributed by atoms with Crippen molar-refractivity contribution in [3.05, 3.63) is 47.3 Å². The van der Waals surface area contributed by atoms with Crippen molar-refractivity contribution < 1.29 is 13.5 Å². The van der Waals surface area contributed by atoms with Gasteiger partial charge in [0.05, 0.1) is 5.69 Å². The molecule has 6 nitrogen and oxygen atoms in total. The van der Waals surface area contributed by atoms with Gasteiger partial charge >= 0.3 is 10.2 Å². The molecule has 0 aliphatic heterocycles. The zero-order valence-corrected chi connectivity index (χ0v) is 20.3. The number of hydrogen-bond acceptors (Lipinski definition) is 4. The maximum absolute atomic E-state index is 13.2. The van der Waals surface area contributed by atoms with E-state index in [0.29, 0.717) is 17.6 Å². The minimum absolute atomic E-state index is 0.109. The first-order valence-corrected chi connectivity index (χ1v) is 14.5. The van der Waals surface area contributed by atoms with Crippen molar-refractivity contribution in [1.29, 1.82) is 0 Å². The molecule has 0 saturated heterocycles. The number of fused-ring (bicyclic) bond motifs is 1. The fourth-order valence-corrected chi connectivity index (χ4v) is 7.30. The molecule has 1 aromatic heterocycles. The number of aryl methyl sites for hydroxylation is 1. The first-order valence-electron chi connectivity index (χ1n) is 10.1. The Morgan fingerprint density at radius 3 is 2.41 bits per heavy atom. The lowest BCUT2D eigenvalue weighted by Crippen LogP contribution is -2.56. The largest absolute Gasteiger partial charge is 0.379 e. The average Bonchev–Trinajstić information content (AvgIpc) is 3.08. The second kappa shape index (κ2) is 7.04. The number of aromatic nitrogens is 2. The highest BCUT2D eigenvalue weighted by molar-refractivity contribution is 7.87. The number of benzene rings is 1. The molecular formula is C21H33N3O3SSi. The van der Waals surface area contributed by atoms with Gasteiger partial charge in [-0.05, 0) is 35.4 Å². The van der Waals surface area contributed by atoms with Crippen LogP contribution in [0.25, 0.3) is 0 Å². The third-order valence-electron chi connectivity index (χ3n) is 6.69. The fraction of sp³-hybridized carbons (Fsp3) is 0.571. The highest BCUT2D eigenvalue weighted by Crippen LogP contribution is 2.41. The summed E-state index contributed by atoms with van der Waals surface area (Å²) in [5.74, 6) is 0. The Balaban J connectivity index is 2.29. The van der Waals surface area contributed by atoms with Crippen molar-refractivity contribution in [1.82, 2.24) is 13.3 Å². The number of aliphatic hydroxyl groups is 1. The van der Waals surface area contributed by atoms with Crippen molar-refractivity contribution in [3.63, 3.8) is 0 Å². The van der Waals surface area contributed by atoms with Gasteiger partial charge in [-0.25, -0.2) is 8.96 Å². The predicted molar refractivity (Wildman–Crippen MR) is 119 cm³/mol. The van der Waals surface area contributed by atoms with E-state index in [2.05, 4.69) is 33.9 Å². The summed E-state index contributed by atoms with van der Waals surface area (Å²) in [6.07, 6.45) is 3.81. The van der Waals surface area contributed by atoms with Gasteiger partial charge in [-0.2, -0.15) is 12.7 Å². The van der Waals surface area contributed by atoms with Crippen molar-refractivity contribution in [2.75, 3.05) is 14.1 Å². The lowest BCUT2D eigenvalue weighted by molar-refractivity contribution is 0.0576. The monoisotopic (exact) mass is 435 g/mol. The van der Waals surface area contributed by atoms with Crippen molar-refractivity contribution >= 4 is 23.7 Å². The van der Waals surface area contributed by atoms with Gasteiger partial charge in [0.15, 0.2) is 0 Å². The molecule has 0 saturated carbocycles. The molecule has 160 valence electrons. The normalized spacial score (nSPS) is 20.7. The Labute approximate surface area is 175 Å². The minimum Gasteiger partial charge on any atom is -0.379 e. The summed E-state index contributed by atoms with van der Waals surface area (Å²) in [7, 11) is -3.03. The molecule has 1 unspecified atom stereocenters. The van der Waals surface area contributed by atoms with E-state index in [0.717, 1.165) is 24.0 Å². The zero-order valence-electron chi connectivity index (χ0n) is 18.5. The molecule has 2 aromatic rings. The molecule has 0 radical (unpaired) electrons. The van der Waals surface area contributed by atoms with Crippen LogP contribution in [0, 0.1) is 0 Å². The van der Waals surface area contributed by atoms with E-state index >= 15 is 0 Å². The maximum atomic E-state index is 13.2. The fourth-order valence-electron chi connectivity index (χ4n) is 3.74. The first-order chi connectivity index (χ1) is 13.2. The summed E-state index contributed by atoms with van der Waals surface area (Å²) < 4.78 is 28.8. The molecule has 0 fully saturated rings. The van der Waals surface area contributed by atoms with E-state index in [1.165, 1.54) is 22.4 Å². The molecule has 1 atom stereocenters. The maximum Gasteiger partial charge on any atom is 0.308 e. The Hall–Kier alpha value is -1.48. The van der Waals surface area contributed by atoms with E-state index in [-0.39, 0.29) is 5.04 Å². The van der Waals surface area contributed by atoms with Crippen LogP contribution in [-0.2, 0) is 22.2 Å². The summed E-state index contributed by atoms with van der Waals surface area (Å²) in [4.78, 5) is 4.86. The average molecular weight is 436 g/mol. The van der Waals surface area contributed by atoms with Crippen LogP contribution in [0.15, 0.2) is 30.5 Å². The highest BCUT2D eigenvalue weighted by Gasteiger charge is 2.46. The van der Waals surface area contributed by atoms with Gasteiger partial charge in [0.2, 0.25) is 0 Å². The topological polar surface area (TPSA) is 75.4 Å². The molecule has 3 rings (SSSR count). The van der Waals surface area contributed by atoms with Gasteiger partial charge in [0.25, 0.3) is 0 Å². The Bertz CT molecular complexity index is 1020. The van der Waals surface area contributed by atoms with Crippen LogP contribution >= 0.6 is 0 Å². The van der Waals surface area contributed by atoms with Gasteiger partial charge in [0, 0.05) is 20.3 Å². The van der Waals surface area contributed by atoms with Crippen LogP contribution in [0.1, 0.15) is 50.4 Å². The molecule has 1 heterocycles. The number of hydrogen-bond donors (Lipinski definition) is 1. The summed E-state index contributed by atoms with van der Waals surface area (Å²) >= 11 is 0. The SMILES string of the molecule is CN(C)S(=O)(=O)n1cc(C2(O)CCCc3ccccc32)nc1[Si](C)(C)C(C)(C)C.